The Morgan fingerprint density at radius 2 is 2.23 bits per heavy atom. The molecule has 0 radical (unpaired) electrons. The van der Waals surface area contributed by atoms with Crippen LogP contribution in [0.5, 0.6) is 0 Å². The van der Waals surface area contributed by atoms with Crippen molar-refractivity contribution in [1.82, 2.24) is 19.7 Å². The van der Waals surface area contributed by atoms with E-state index in [0.29, 0.717) is 17.3 Å². The van der Waals surface area contributed by atoms with E-state index in [-0.39, 0.29) is 11.9 Å². The summed E-state index contributed by atoms with van der Waals surface area (Å²) in [6.07, 6.45) is 5.56. The minimum Gasteiger partial charge on any atom is -0.333 e. The smallest absolute Gasteiger partial charge is 0.273 e. The molecule has 1 saturated heterocycles. The number of para-hydroxylation sites is 1. The Bertz CT molecular complexity index is 937. The van der Waals surface area contributed by atoms with Gasteiger partial charge in [0, 0.05) is 36.3 Å². The molecule has 1 amide bonds. The second-order valence-electron chi connectivity index (χ2n) is 6.19. The maximum atomic E-state index is 12.7. The molecular weight excluding hydrogens is 370 g/mol. The summed E-state index contributed by atoms with van der Waals surface area (Å²) < 4.78 is 1.71. The van der Waals surface area contributed by atoms with Gasteiger partial charge in [0.2, 0.25) is 0 Å². The molecule has 2 N–H and O–H groups in total. The predicted molar refractivity (Wildman–Crippen MR) is 103 cm³/mol. The summed E-state index contributed by atoms with van der Waals surface area (Å²) in [5.41, 5.74) is 7.90. The van der Waals surface area contributed by atoms with Crippen molar-refractivity contribution in [2.24, 2.45) is 5.73 Å². The molecule has 1 aliphatic heterocycles. The van der Waals surface area contributed by atoms with Crippen LogP contribution in [0.1, 0.15) is 23.3 Å². The van der Waals surface area contributed by atoms with Gasteiger partial charge in [-0.1, -0.05) is 23.7 Å². The number of aromatic nitrogens is 3. The third-order valence-corrected chi connectivity index (χ3v) is 5.77. The molecule has 2 aromatic heterocycles. The summed E-state index contributed by atoms with van der Waals surface area (Å²) in [4.78, 5) is 19.1. The van der Waals surface area contributed by atoms with Gasteiger partial charge in [0.15, 0.2) is 0 Å². The number of thiazole rings is 1. The zero-order valence-electron chi connectivity index (χ0n) is 14.0. The average molecular weight is 388 g/mol. The number of nitrogens with two attached hydrogens (primary N) is 1. The van der Waals surface area contributed by atoms with Crippen molar-refractivity contribution in [2.45, 2.75) is 18.9 Å². The largest absolute Gasteiger partial charge is 0.333 e. The first-order valence-corrected chi connectivity index (χ1v) is 9.69. The van der Waals surface area contributed by atoms with Gasteiger partial charge in [0.25, 0.3) is 5.91 Å². The van der Waals surface area contributed by atoms with E-state index in [1.165, 1.54) is 11.3 Å². The second kappa shape index (κ2) is 7.19. The molecular formula is C18H18ClN5OS. The molecule has 1 aliphatic rings. The zero-order valence-corrected chi connectivity index (χ0v) is 15.6. The molecule has 6 nitrogen and oxygen atoms in total. The van der Waals surface area contributed by atoms with Gasteiger partial charge in [-0.2, -0.15) is 5.10 Å². The summed E-state index contributed by atoms with van der Waals surface area (Å²) in [5, 5.41) is 7.55. The van der Waals surface area contributed by atoms with Crippen LogP contribution in [0.4, 0.5) is 0 Å². The number of nitrogens with zero attached hydrogens (tertiary/aromatic N) is 4. The summed E-state index contributed by atoms with van der Waals surface area (Å²) >= 11 is 7.66. The summed E-state index contributed by atoms with van der Waals surface area (Å²) in [6.45, 7) is 1.24. The first kappa shape index (κ1) is 17.2. The summed E-state index contributed by atoms with van der Waals surface area (Å²) in [6, 6.07) is 7.63. The van der Waals surface area contributed by atoms with Gasteiger partial charge in [0.05, 0.1) is 16.9 Å². The zero-order chi connectivity index (χ0) is 18.1. The van der Waals surface area contributed by atoms with Gasteiger partial charge >= 0.3 is 0 Å². The highest BCUT2D eigenvalue weighted by Gasteiger charge is 2.29. The Morgan fingerprint density at radius 3 is 3.04 bits per heavy atom. The highest BCUT2D eigenvalue weighted by atomic mass is 35.5. The van der Waals surface area contributed by atoms with Crippen molar-refractivity contribution >= 4 is 28.8 Å². The highest BCUT2D eigenvalue weighted by molar-refractivity contribution is 7.13. The Balaban J connectivity index is 1.57. The molecule has 0 spiro atoms. The van der Waals surface area contributed by atoms with Crippen molar-refractivity contribution in [2.75, 3.05) is 13.1 Å². The molecule has 26 heavy (non-hydrogen) atoms. The minimum absolute atomic E-state index is 0.0426. The lowest BCUT2D eigenvalue weighted by molar-refractivity contribution is 0.0736. The van der Waals surface area contributed by atoms with Crippen LogP contribution < -0.4 is 5.73 Å². The van der Waals surface area contributed by atoms with Crippen LogP contribution in [0.3, 0.4) is 0 Å². The third kappa shape index (κ3) is 3.13. The van der Waals surface area contributed by atoms with E-state index in [1.807, 2.05) is 35.4 Å². The molecule has 1 fully saturated rings. The molecule has 4 rings (SSSR count). The van der Waals surface area contributed by atoms with E-state index in [4.69, 9.17) is 17.3 Å². The number of rotatable bonds is 4. The molecule has 1 atom stereocenters. The molecule has 134 valence electrons. The summed E-state index contributed by atoms with van der Waals surface area (Å²) in [7, 11) is 0. The maximum absolute atomic E-state index is 12.7. The number of benzene rings is 1. The lowest BCUT2D eigenvalue weighted by atomic mass is 10.2. The van der Waals surface area contributed by atoms with Crippen molar-refractivity contribution in [3.8, 4) is 16.3 Å². The predicted octanol–water partition coefficient (Wildman–Crippen LogP) is 3.21. The fourth-order valence-electron chi connectivity index (χ4n) is 3.20. The maximum Gasteiger partial charge on any atom is 0.273 e. The van der Waals surface area contributed by atoms with E-state index in [0.717, 1.165) is 35.6 Å². The third-order valence-electron chi connectivity index (χ3n) is 4.56. The number of amides is 1. The van der Waals surface area contributed by atoms with Crippen LogP contribution in [0.2, 0.25) is 5.02 Å². The van der Waals surface area contributed by atoms with Crippen molar-refractivity contribution < 1.29 is 4.79 Å². The van der Waals surface area contributed by atoms with E-state index in [1.54, 1.807) is 16.3 Å². The Labute approximate surface area is 160 Å². The number of halogens is 1. The number of carbonyl (C=O) groups excluding carboxylic acids is 1. The quantitative estimate of drug-likeness (QED) is 0.745. The lowest BCUT2D eigenvalue weighted by Gasteiger charge is -2.22. The Hall–Kier alpha value is -2.22. The first-order valence-electron chi connectivity index (χ1n) is 8.44. The van der Waals surface area contributed by atoms with Crippen LogP contribution in [-0.4, -0.2) is 44.7 Å². The van der Waals surface area contributed by atoms with Crippen LogP contribution in [-0.2, 0) is 0 Å². The van der Waals surface area contributed by atoms with Gasteiger partial charge in [-0.3, -0.25) is 4.79 Å². The van der Waals surface area contributed by atoms with Gasteiger partial charge in [-0.15, -0.1) is 11.3 Å². The van der Waals surface area contributed by atoms with E-state index in [2.05, 4.69) is 10.1 Å². The Morgan fingerprint density at radius 1 is 1.38 bits per heavy atom. The number of hydrogen-bond donors (Lipinski definition) is 1. The molecule has 0 bridgehead atoms. The minimum atomic E-state index is -0.0426. The lowest BCUT2D eigenvalue weighted by Crippen LogP contribution is -2.40. The first-order chi connectivity index (χ1) is 12.7. The van der Waals surface area contributed by atoms with Crippen LogP contribution in [0, 0.1) is 0 Å². The van der Waals surface area contributed by atoms with E-state index >= 15 is 0 Å². The van der Waals surface area contributed by atoms with Gasteiger partial charge < -0.3 is 10.6 Å². The van der Waals surface area contributed by atoms with E-state index < -0.39 is 0 Å². The van der Waals surface area contributed by atoms with Gasteiger partial charge in [0.1, 0.15) is 10.7 Å². The molecule has 0 saturated carbocycles. The molecule has 3 aromatic rings. The fourth-order valence-corrected chi connectivity index (χ4v) is 4.19. The number of likely N-dealkylation sites (tertiary alicyclic amines) is 1. The normalized spacial score (nSPS) is 17.0. The van der Waals surface area contributed by atoms with E-state index in [9.17, 15) is 4.79 Å². The summed E-state index contributed by atoms with van der Waals surface area (Å²) in [5.74, 6) is -0.0426. The monoisotopic (exact) mass is 387 g/mol. The fraction of sp³-hybridized carbons (Fsp3) is 0.278. The Kier molecular flexibility index (Phi) is 4.76. The molecule has 1 aromatic carbocycles. The highest BCUT2D eigenvalue weighted by Crippen LogP contribution is 2.27. The van der Waals surface area contributed by atoms with Crippen LogP contribution >= 0.6 is 22.9 Å². The van der Waals surface area contributed by atoms with Crippen molar-refractivity contribution in [3.05, 3.63) is 52.8 Å². The SMILES string of the molecule is NC[C@H]1CCCN1C(=O)c1csc(-c2cnn(-c3ccccc3Cl)c2)n1. The van der Waals surface area contributed by atoms with Crippen molar-refractivity contribution in [1.29, 1.82) is 0 Å². The molecule has 0 unspecified atom stereocenters. The van der Waals surface area contributed by atoms with Gasteiger partial charge in [-0.25, -0.2) is 9.67 Å². The average Bonchev–Trinajstić information content (AvgIpc) is 3.40. The van der Waals surface area contributed by atoms with Crippen LogP contribution in [0.25, 0.3) is 16.3 Å². The van der Waals surface area contributed by atoms with Crippen molar-refractivity contribution in [3.63, 3.8) is 0 Å². The van der Waals surface area contributed by atoms with Crippen LogP contribution in [0.15, 0.2) is 42.0 Å². The van der Waals surface area contributed by atoms with Gasteiger partial charge in [-0.05, 0) is 25.0 Å². The standard InChI is InChI=1S/C18H18ClN5OS/c19-14-5-1-2-6-16(14)24-10-12(9-21-24)17-22-15(11-26-17)18(25)23-7-3-4-13(23)8-20/h1-2,5-6,9-11,13H,3-4,7-8,20H2/t13-/m1/s1. The molecule has 3 heterocycles. The number of carbonyl (C=O) groups is 1. The second-order valence-corrected chi connectivity index (χ2v) is 7.46. The molecule has 0 aliphatic carbocycles. The number of hydrogen-bond acceptors (Lipinski definition) is 5. The molecule has 8 heteroatoms. The topological polar surface area (TPSA) is 77.0 Å².